The first kappa shape index (κ1) is 21.9. The highest BCUT2D eigenvalue weighted by atomic mass is 32.2. The van der Waals surface area contributed by atoms with Gasteiger partial charge in [-0.05, 0) is 60.6 Å². The quantitative estimate of drug-likeness (QED) is 0.130. The third-order valence-corrected chi connectivity index (χ3v) is 4.65. The number of esters is 1. The Balaban J connectivity index is 1.76. The third kappa shape index (κ3) is 5.25. The Morgan fingerprint density at radius 1 is 0.903 bits per heavy atom. The summed E-state index contributed by atoms with van der Waals surface area (Å²) in [5.74, 6) is 0.161. The SMILES string of the molecule is Cc1cc(F)c(C#Cc2ccc(C(=O)Oc3cc(F)c(SC#N)c(F)c3)cc2)c(F)c1. The van der Waals surface area contributed by atoms with E-state index in [1.165, 1.54) is 36.4 Å². The van der Waals surface area contributed by atoms with Gasteiger partial charge in [0.15, 0.2) is 0 Å². The van der Waals surface area contributed by atoms with E-state index >= 15 is 0 Å². The maximum absolute atomic E-state index is 13.8. The number of ether oxygens (including phenoxy) is 1. The molecule has 154 valence electrons. The van der Waals surface area contributed by atoms with Gasteiger partial charge in [-0.2, -0.15) is 5.26 Å². The first-order chi connectivity index (χ1) is 14.8. The number of nitrogens with zero attached hydrogens (tertiary/aromatic N) is 1. The van der Waals surface area contributed by atoms with Crippen LogP contribution in [0.2, 0.25) is 0 Å². The number of nitriles is 1. The van der Waals surface area contributed by atoms with E-state index in [1.807, 2.05) is 0 Å². The summed E-state index contributed by atoms with van der Waals surface area (Å²) in [6, 6.07) is 9.49. The molecule has 0 aliphatic heterocycles. The second kappa shape index (κ2) is 9.38. The molecule has 0 aromatic heterocycles. The Kier molecular flexibility index (Phi) is 6.64. The largest absolute Gasteiger partial charge is 0.423 e. The average molecular weight is 441 g/mol. The van der Waals surface area contributed by atoms with Crippen molar-refractivity contribution in [1.82, 2.24) is 0 Å². The molecule has 0 heterocycles. The molecule has 0 saturated heterocycles. The lowest BCUT2D eigenvalue weighted by Crippen LogP contribution is -2.09. The van der Waals surface area contributed by atoms with Crippen LogP contribution in [0.1, 0.15) is 27.0 Å². The lowest BCUT2D eigenvalue weighted by molar-refractivity contribution is 0.0733. The maximum atomic E-state index is 13.8. The fourth-order valence-corrected chi connectivity index (χ4v) is 2.95. The van der Waals surface area contributed by atoms with Crippen LogP contribution in [0.25, 0.3) is 0 Å². The second-order valence-electron chi connectivity index (χ2n) is 6.23. The molecule has 0 spiro atoms. The van der Waals surface area contributed by atoms with E-state index in [1.54, 1.807) is 12.3 Å². The zero-order valence-electron chi connectivity index (χ0n) is 15.8. The summed E-state index contributed by atoms with van der Waals surface area (Å²) in [5.41, 5.74) is 0.512. The Bertz CT molecular complexity index is 1230. The highest BCUT2D eigenvalue weighted by Gasteiger charge is 2.15. The van der Waals surface area contributed by atoms with Gasteiger partial charge in [0.25, 0.3) is 0 Å². The summed E-state index contributed by atoms with van der Waals surface area (Å²) in [7, 11) is 0. The lowest BCUT2D eigenvalue weighted by atomic mass is 10.1. The normalized spacial score (nSPS) is 10.1. The molecule has 0 saturated carbocycles. The van der Waals surface area contributed by atoms with Gasteiger partial charge in [0, 0.05) is 17.7 Å². The third-order valence-electron chi connectivity index (χ3n) is 3.97. The van der Waals surface area contributed by atoms with E-state index in [9.17, 15) is 22.4 Å². The number of carbonyl (C=O) groups is 1. The van der Waals surface area contributed by atoms with Gasteiger partial charge < -0.3 is 4.74 Å². The number of carbonyl (C=O) groups excluding carboxylic acids is 1. The molecule has 0 unspecified atom stereocenters. The van der Waals surface area contributed by atoms with E-state index in [0.29, 0.717) is 22.9 Å². The number of aryl methyl sites for hydroxylation is 1. The minimum atomic E-state index is -1.03. The standard InChI is InChI=1S/C23H11F4NO2S/c1-13-8-18(24)17(19(25)9-13)7-4-14-2-5-15(6-3-14)23(29)30-16-10-20(26)22(31-12-28)21(27)11-16/h2-3,5-6,8-11H,1H3. The van der Waals surface area contributed by atoms with Crippen molar-refractivity contribution in [3.8, 4) is 23.0 Å². The van der Waals surface area contributed by atoms with Crippen molar-refractivity contribution in [1.29, 1.82) is 5.26 Å². The zero-order valence-corrected chi connectivity index (χ0v) is 16.6. The van der Waals surface area contributed by atoms with Gasteiger partial charge in [0.05, 0.1) is 16.0 Å². The van der Waals surface area contributed by atoms with Gasteiger partial charge in [-0.15, -0.1) is 0 Å². The predicted molar refractivity (Wildman–Crippen MR) is 106 cm³/mol. The predicted octanol–water partition coefficient (Wildman–Crippen LogP) is 5.74. The van der Waals surface area contributed by atoms with Crippen LogP contribution >= 0.6 is 11.8 Å². The number of hydrogen-bond acceptors (Lipinski definition) is 4. The van der Waals surface area contributed by atoms with Crippen LogP contribution < -0.4 is 4.74 Å². The molecule has 3 aromatic carbocycles. The van der Waals surface area contributed by atoms with Gasteiger partial charge in [-0.1, -0.05) is 11.8 Å². The van der Waals surface area contributed by atoms with Gasteiger partial charge in [-0.25, -0.2) is 22.4 Å². The summed E-state index contributed by atoms with van der Waals surface area (Å²) in [4.78, 5) is 11.7. The molecule has 0 bridgehead atoms. The number of benzene rings is 3. The summed E-state index contributed by atoms with van der Waals surface area (Å²) in [6.07, 6.45) is 0. The van der Waals surface area contributed by atoms with Crippen LogP contribution in [0.5, 0.6) is 5.75 Å². The lowest BCUT2D eigenvalue weighted by Gasteiger charge is -2.07. The van der Waals surface area contributed by atoms with Gasteiger partial charge in [-0.3, -0.25) is 0 Å². The van der Waals surface area contributed by atoms with Crippen molar-refractivity contribution >= 4 is 17.7 Å². The van der Waals surface area contributed by atoms with Crippen LogP contribution in [-0.2, 0) is 0 Å². The molecule has 3 aromatic rings. The summed E-state index contributed by atoms with van der Waals surface area (Å²) in [5, 5.41) is 10.1. The van der Waals surface area contributed by atoms with E-state index in [2.05, 4.69) is 11.8 Å². The molecule has 0 atom stereocenters. The zero-order chi connectivity index (χ0) is 22.5. The van der Waals surface area contributed by atoms with Crippen LogP contribution in [-0.4, -0.2) is 5.97 Å². The number of thioether (sulfide) groups is 1. The van der Waals surface area contributed by atoms with E-state index in [0.717, 1.165) is 12.1 Å². The number of hydrogen-bond donors (Lipinski definition) is 0. The molecule has 3 rings (SSSR count). The van der Waals surface area contributed by atoms with Crippen LogP contribution in [0.4, 0.5) is 17.6 Å². The molecule has 0 amide bonds. The van der Waals surface area contributed by atoms with Gasteiger partial charge >= 0.3 is 5.97 Å². The molecular weight excluding hydrogens is 430 g/mol. The Labute approximate surface area is 179 Å². The number of thiocyanates is 1. The molecule has 0 aliphatic carbocycles. The minimum Gasteiger partial charge on any atom is -0.423 e. The molecule has 0 radical (unpaired) electrons. The van der Waals surface area contributed by atoms with Gasteiger partial charge in [0.2, 0.25) is 0 Å². The Morgan fingerprint density at radius 2 is 1.48 bits per heavy atom. The average Bonchev–Trinajstić information content (AvgIpc) is 2.70. The summed E-state index contributed by atoms with van der Waals surface area (Å²) in [6.45, 7) is 1.56. The van der Waals surface area contributed by atoms with E-state index < -0.39 is 34.1 Å². The van der Waals surface area contributed by atoms with Crippen molar-refractivity contribution in [3.63, 3.8) is 0 Å². The Morgan fingerprint density at radius 3 is 2.03 bits per heavy atom. The van der Waals surface area contributed by atoms with Gasteiger partial charge in [0.1, 0.15) is 34.4 Å². The Hall–Kier alpha value is -3.75. The smallest absolute Gasteiger partial charge is 0.343 e. The first-order valence-corrected chi connectivity index (χ1v) is 9.45. The van der Waals surface area contributed by atoms with Crippen LogP contribution in [0.3, 0.4) is 0 Å². The molecule has 31 heavy (non-hydrogen) atoms. The van der Waals surface area contributed by atoms with Crippen molar-refractivity contribution in [2.75, 3.05) is 0 Å². The minimum absolute atomic E-state index is 0.0644. The van der Waals surface area contributed by atoms with Crippen molar-refractivity contribution in [3.05, 3.63) is 94.1 Å². The number of halogens is 4. The number of rotatable bonds is 3. The molecular formula is C23H11F4NO2S. The van der Waals surface area contributed by atoms with Crippen LogP contribution in [0.15, 0.2) is 53.4 Å². The van der Waals surface area contributed by atoms with Crippen molar-refractivity contribution in [2.45, 2.75) is 11.8 Å². The fourth-order valence-electron chi connectivity index (χ4n) is 2.55. The molecule has 0 aliphatic rings. The first-order valence-electron chi connectivity index (χ1n) is 8.63. The fraction of sp³-hybridized carbons (Fsp3) is 0.0435. The molecule has 0 N–H and O–H groups in total. The van der Waals surface area contributed by atoms with Crippen molar-refractivity contribution in [2.24, 2.45) is 0 Å². The second-order valence-corrected chi connectivity index (χ2v) is 7.02. The highest BCUT2D eigenvalue weighted by Crippen LogP contribution is 2.28. The van der Waals surface area contributed by atoms with E-state index in [4.69, 9.17) is 10.00 Å². The summed E-state index contributed by atoms with van der Waals surface area (Å²) < 4.78 is 60.3. The van der Waals surface area contributed by atoms with Crippen LogP contribution in [0, 0.1) is 52.7 Å². The highest BCUT2D eigenvalue weighted by molar-refractivity contribution is 8.03. The monoisotopic (exact) mass is 441 g/mol. The molecule has 3 nitrogen and oxygen atoms in total. The maximum Gasteiger partial charge on any atom is 0.343 e. The van der Waals surface area contributed by atoms with E-state index in [-0.39, 0.29) is 16.9 Å². The molecule has 8 heteroatoms. The van der Waals surface area contributed by atoms with Crippen molar-refractivity contribution < 1.29 is 27.1 Å². The summed E-state index contributed by atoms with van der Waals surface area (Å²) >= 11 is 0.315. The molecule has 0 fully saturated rings. The topological polar surface area (TPSA) is 50.1 Å².